The lowest BCUT2D eigenvalue weighted by Gasteiger charge is -2.63. The molecule has 0 aromatic carbocycles. The fraction of sp³-hybridized carbons (Fsp3) is 0.938. The van der Waals surface area contributed by atoms with Crippen LogP contribution in [0.15, 0.2) is 4.99 Å². The van der Waals surface area contributed by atoms with Crippen LogP contribution in [0.4, 0.5) is 0 Å². The Kier molecular flexibility index (Phi) is 3.93. The van der Waals surface area contributed by atoms with E-state index in [-0.39, 0.29) is 0 Å². The van der Waals surface area contributed by atoms with E-state index in [2.05, 4.69) is 29.2 Å². The van der Waals surface area contributed by atoms with Crippen molar-refractivity contribution in [1.82, 2.24) is 10.2 Å². The van der Waals surface area contributed by atoms with Gasteiger partial charge in [-0.1, -0.05) is 19.8 Å². The number of unbranched alkanes of at least 4 members (excludes halogenated alkanes) is 1. The molecule has 0 bridgehead atoms. The van der Waals surface area contributed by atoms with Crippen molar-refractivity contribution in [2.75, 3.05) is 27.2 Å². The summed E-state index contributed by atoms with van der Waals surface area (Å²) in [7, 11) is 4.05. The highest BCUT2D eigenvalue weighted by atomic mass is 16.5. The molecule has 1 heterocycles. The predicted octanol–water partition coefficient (Wildman–Crippen LogP) is 2.25. The number of nitrogens with zero attached hydrogens (tertiary/aromatic N) is 2. The molecule has 4 heteroatoms. The smallest absolute Gasteiger partial charge is 0.193 e. The van der Waals surface area contributed by atoms with Gasteiger partial charge in [-0.15, -0.1) is 0 Å². The third-order valence-electron chi connectivity index (χ3n) is 5.74. The van der Waals surface area contributed by atoms with Crippen molar-refractivity contribution in [3.05, 3.63) is 0 Å². The summed E-state index contributed by atoms with van der Waals surface area (Å²) in [4.78, 5) is 6.77. The molecule has 1 aliphatic heterocycles. The molecule has 3 fully saturated rings. The Balaban J connectivity index is 1.64. The quantitative estimate of drug-likeness (QED) is 0.633. The van der Waals surface area contributed by atoms with Gasteiger partial charge in [0.1, 0.15) is 0 Å². The van der Waals surface area contributed by atoms with Crippen LogP contribution in [0.3, 0.4) is 0 Å². The summed E-state index contributed by atoms with van der Waals surface area (Å²) in [6.07, 6.45) is 8.25. The van der Waals surface area contributed by atoms with E-state index in [1.165, 1.54) is 38.5 Å². The summed E-state index contributed by atoms with van der Waals surface area (Å²) in [5.41, 5.74) is 0.433. The standard InChI is InChI=1S/C16H29N3O/c1-4-5-10-19(3)15(17-2)18-13-12-7-11-20-14(12)16(13)8-6-9-16/h12-14H,4-11H2,1-3H3,(H,17,18). The number of ether oxygens (including phenoxy) is 1. The van der Waals surface area contributed by atoms with E-state index < -0.39 is 0 Å². The zero-order chi connectivity index (χ0) is 14.2. The van der Waals surface area contributed by atoms with Gasteiger partial charge in [-0.3, -0.25) is 4.99 Å². The van der Waals surface area contributed by atoms with Crippen LogP contribution in [0.5, 0.6) is 0 Å². The van der Waals surface area contributed by atoms with Gasteiger partial charge < -0.3 is 15.0 Å². The Hall–Kier alpha value is -0.770. The molecular formula is C16H29N3O. The Morgan fingerprint density at radius 2 is 2.25 bits per heavy atom. The maximum absolute atomic E-state index is 5.99. The van der Waals surface area contributed by atoms with E-state index >= 15 is 0 Å². The summed E-state index contributed by atoms with van der Waals surface area (Å²) in [6, 6.07) is 0.589. The minimum Gasteiger partial charge on any atom is -0.377 e. The number of aliphatic imine (C=N–C) groups is 1. The molecule has 3 unspecified atom stereocenters. The molecule has 0 amide bonds. The van der Waals surface area contributed by atoms with Crippen LogP contribution < -0.4 is 5.32 Å². The highest BCUT2D eigenvalue weighted by Gasteiger charge is 2.66. The minimum atomic E-state index is 0.433. The van der Waals surface area contributed by atoms with E-state index in [0.29, 0.717) is 23.5 Å². The first kappa shape index (κ1) is 14.2. The Morgan fingerprint density at radius 1 is 1.45 bits per heavy atom. The van der Waals surface area contributed by atoms with Crippen molar-refractivity contribution in [2.45, 2.75) is 57.6 Å². The third-order valence-corrected chi connectivity index (χ3v) is 5.74. The predicted molar refractivity (Wildman–Crippen MR) is 82.0 cm³/mol. The van der Waals surface area contributed by atoms with Crippen molar-refractivity contribution in [1.29, 1.82) is 0 Å². The molecule has 2 saturated carbocycles. The second kappa shape index (κ2) is 5.55. The summed E-state index contributed by atoms with van der Waals surface area (Å²) in [5, 5.41) is 3.77. The topological polar surface area (TPSA) is 36.9 Å². The van der Waals surface area contributed by atoms with E-state index in [1.807, 2.05) is 7.05 Å². The molecule has 3 atom stereocenters. The van der Waals surface area contributed by atoms with Crippen LogP contribution in [-0.4, -0.2) is 50.3 Å². The van der Waals surface area contributed by atoms with E-state index in [0.717, 1.165) is 19.1 Å². The van der Waals surface area contributed by atoms with Crippen LogP contribution in [0, 0.1) is 11.3 Å². The molecule has 4 nitrogen and oxygen atoms in total. The number of hydrogen-bond donors (Lipinski definition) is 1. The molecule has 114 valence electrons. The van der Waals surface area contributed by atoms with Gasteiger partial charge in [-0.25, -0.2) is 0 Å². The first-order chi connectivity index (χ1) is 9.73. The first-order valence-electron chi connectivity index (χ1n) is 8.29. The second-order valence-corrected chi connectivity index (χ2v) is 6.77. The SMILES string of the molecule is CCCCN(C)C(=NC)NC1C2CCOC2C12CCC2. The second-order valence-electron chi connectivity index (χ2n) is 6.77. The van der Waals surface area contributed by atoms with Gasteiger partial charge in [0.25, 0.3) is 0 Å². The van der Waals surface area contributed by atoms with Crippen LogP contribution in [0.1, 0.15) is 45.4 Å². The Bertz CT molecular complexity index is 378. The van der Waals surface area contributed by atoms with Gasteiger partial charge >= 0.3 is 0 Å². The molecule has 2 aliphatic carbocycles. The fourth-order valence-electron chi connectivity index (χ4n) is 4.44. The van der Waals surface area contributed by atoms with Crippen molar-refractivity contribution in [3.63, 3.8) is 0 Å². The summed E-state index contributed by atoms with van der Waals surface area (Å²) in [6.45, 7) is 4.28. The fourth-order valence-corrected chi connectivity index (χ4v) is 4.44. The Morgan fingerprint density at radius 3 is 2.85 bits per heavy atom. The first-order valence-corrected chi connectivity index (χ1v) is 8.29. The molecule has 3 aliphatic rings. The summed E-state index contributed by atoms with van der Waals surface area (Å²) >= 11 is 0. The van der Waals surface area contributed by atoms with E-state index in [9.17, 15) is 0 Å². The molecule has 1 N–H and O–H groups in total. The normalized spacial score (nSPS) is 34.4. The van der Waals surface area contributed by atoms with Gasteiger partial charge in [-0.2, -0.15) is 0 Å². The van der Waals surface area contributed by atoms with Crippen molar-refractivity contribution in [2.24, 2.45) is 16.3 Å². The molecular weight excluding hydrogens is 250 g/mol. The lowest BCUT2D eigenvalue weighted by Crippen LogP contribution is -2.72. The average molecular weight is 279 g/mol. The van der Waals surface area contributed by atoms with Gasteiger partial charge in [0.15, 0.2) is 5.96 Å². The highest BCUT2D eigenvalue weighted by Crippen LogP contribution is 2.62. The lowest BCUT2D eigenvalue weighted by molar-refractivity contribution is -0.171. The van der Waals surface area contributed by atoms with Crippen molar-refractivity contribution in [3.8, 4) is 0 Å². The van der Waals surface area contributed by atoms with E-state index in [4.69, 9.17) is 4.74 Å². The van der Waals surface area contributed by atoms with Crippen LogP contribution in [0.2, 0.25) is 0 Å². The highest BCUT2D eigenvalue weighted by molar-refractivity contribution is 5.80. The molecule has 0 aromatic heterocycles. The van der Waals surface area contributed by atoms with Crippen LogP contribution in [-0.2, 0) is 4.74 Å². The molecule has 0 radical (unpaired) electrons. The Labute approximate surface area is 123 Å². The van der Waals surface area contributed by atoms with Crippen LogP contribution >= 0.6 is 0 Å². The maximum Gasteiger partial charge on any atom is 0.193 e. The number of rotatable bonds is 4. The van der Waals surface area contributed by atoms with Crippen molar-refractivity contribution < 1.29 is 4.74 Å². The monoisotopic (exact) mass is 279 g/mol. The lowest BCUT2D eigenvalue weighted by atomic mass is 9.46. The molecule has 1 spiro atoms. The third kappa shape index (κ3) is 2.03. The molecule has 20 heavy (non-hydrogen) atoms. The maximum atomic E-state index is 5.99. The zero-order valence-corrected chi connectivity index (χ0v) is 13.2. The summed E-state index contributed by atoms with van der Waals surface area (Å²) in [5.74, 6) is 1.78. The van der Waals surface area contributed by atoms with Gasteiger partial charge in [-0.05, 0) is 25.7 Å². The molecule has 0 aromatic rings. The van der Waals surface area contributed by atoms with Crippen molar-refractivity contribution >= 4 is 5.96 Å². The molecule has 3 rings (SSSR count). The van der Waals surface area contributed by atoms with Gasteiger partial charge in [0.2, 0.25) is 0 Å². The average Bonchev–Trinajstić information content (AvgIpc) is 2.80. The summed E-state index contributed by atoms with van der Waals surface area (Å²) < 4.78 is 5.99. The number of hydrogen-bond acceptors (Lipinski definition) is 2. The van der Waals surface area contributed by atoms with Crippen LogP contribution in [0.25, 0.3) is 0 Å². The van der Waals surface area contributed by atoms with E-state index in [1.54, 1.807) is 0 Å². The van der Waals surface area contributed by atoms with Gasteiger partial charge in [0.05, 0.1) is 6.10 Å². The van der Waals surface area contributed by atoms with Gasteiger partial charge in [0, 0.05) is 44.6 Å². The largest absolute Gasteiger partial charge is 0.377 e. The minimum absolute atomic E-state index is 0.433. The zero-order valence-electron chi connectivity index (χ0n) is 13.2. The number of nitrogens with one attached hydrogen (secondary N) is 1. The molecule has 1 saturated heterocycles. The number of fused-ring (bicyclic) bond motifs is 2. The number of guanidine groups is 1.